The average molecular weight is 308 g/mol. The molecule has 0 fully saturated rings. The zero-order valence-corrected chi connectivity index (χ0v) is 13.5. The molecular weight excluding hydrogens is 288 g/mol. The van der Waals surface area contributed by atoms with Gasteiger partial charge in [-0.25, -0.2) is 9.78 Å². The molecule has 0 aliphatic heterocycles. The molecule has 1 aromatic carbocycles. The fourth-order valence-corrected chi connectivity index (χ4v) is 2.63. The minimum Gasteiger partial charge on any atom is -0.478 e. The number of fused-ring (bicyclic) bond motifs is 1. The molecular formula is C15H20N2O3S. The van der Waals surface area contributed by atoms with Gasteiger partial charge in [-0.1, -0.05) is 13.8 Å². The van der Waals surface area contributed by atoms with Crippen LogP contribution >= 0.6 is 0 Å². The van der Waals surface area contributed by atoms with Crippen molar-refractivity contribution in [1.82, 2.24) is 9.55 Å². The van der Waals surface area contributed by atoms with Gasteiger partial charge in [0, 0.05) is 34.8 Å². The molecule has 6 heteroatoms. The van der Waals surface area contributed by atoms with Crippen LogP contribution < -0.4 is 0 Å². The van der Waals surface area contributed by atoms with Crippen molar-refractivity contribution < 1.29 is 14.1 Å². The summed E-state index contributed by atoms with van der Waals surface area (Å²) in [6.45, 7) is 6.58. The number of carbonyl (C=O) groups is 1. The Morgan fingerprint density at radius 3 is 2.57 bits per heavy atom. The van der Waals surface area contributed by atoms with Gasteiger partial charge in [-0.15, -0.1) is 0 Å². The first-order valence-corrected chi connectivity index (χ1v) is 8.49. The van der Waals surface area contributed by atoms with Crippen molar-refractivity contribution in [3.05, 3.63) is 29.6 Å². The van der Waals surface area contributed by atoms with E-state index in [9.17, 15) is 9.00 Å². The summed E-state index contributed by atoms with van der Waals surface area (Å²) in [7, 11) is -0.938. The van der Waals surface area contributed by atoms with E-state index in [4.69, 9.17) is 5.11 Å². The van der Waals surface area contributed by atoms with Gasteiger partial charge in [0.1, 0.15) is 5.82 Å². The Bertz CT molecular complexity index is 706. The van der Waals surface area contributed by atoms with Gasteiger partial charge >= 0.3 is 5.97 Å². The zero-order valence-electron chi connectivity index (χ0n) is 12.7. The fraction of sp³-hybridized carbons (Fsp3) is 0.467. The molecule has 0 spiro atoms. The van der Waals surface area contributed by atoms with Crippen LogP contribution in [0, 0.1) is 0 Å². The SMILES string of the molecule is CC(C)c1nc2ccc(C(=O)O)cc2n1CC(C)S(C)=O. The van der Waals surface area contributed by atoms with E-state index in [-0.39, 0.29) is 16.7 Å². The van der Waals surface area contributed by atoms with Gasteiger partial charge in [-0.05, 0) is 25.1 Å². The number of hydrogen-bond donors (Lipinski definition) is 1. The van der Waals surface area contributed by atoms with Crippen LogP contribution in [-0.2, 0) is 17.3 Å². The molecule has 0 radical (unpaired) electrons. The van der Waals surface area contributed by atoms with Crippen molar-refractivity contribution in [1.29, 1.82) is 0 Å². The van der Waals surface area contributed by atoms with Crippen molar-refractivity contribution in [2.75, 3.05) is 6.26 Å². The van der Waals surface area contributed by atoms with Crippen molar-refractivity contribution in [2.24, 2.45) is 0 Å². The van der Waals surface area contributed by atoms with E-state index in [0.717, 1.165) is 16.9 Å². The van der Waals surface area contributed by atoms with Gasteiger partial charge in [-0.3, -0.25) is 4.21 Å². The molecule has 1 aromatic heterocycles. The highest BCUT2D eigenvalue weighted by Crippen LogP contribution is 2.24. The predicted molar refractivity (Wildman–Crippen MR) is 84.3 cm³/mol. The van der Waals surface area contributed by atoms with Crippen molar-refractivity contribution in [3.63, 3.8) is 0 Å². The number of imidazole rings is 1. The second-order valence-corrected chi connectivity index (χ2v) is 7.36. The highest BCUT2D eigenvalue weighted by Gasteiger charge is 2.18. The third-order valence-corrected chi connectivity index (χ3v) is 4.83. The number of carboxylic acids is 1. The number of benzene rings is 1. The second-order valence-electron chi connectivity index (χ2n) is 5.55. The van der Waals surface area contributed by atoms with Crippen molar-refractivity contribution >= 4 is 27.8 Å². The van der Waals surface area contributed by atoms with Crippen LogP contribution in [-0.4, -0.2) is 36.3 Å². The summed E-state index contributed by atoms with van der Waals surface area (Å²) in [5.74, 6) is 0.149. The summed E-state index contributed by atoms with van der Waals surface area (Å²) in [6, 6.07) is 4.93. The maximum absolute atomic E-state index is 11.6. The van der Waals surface area contributed by atoms with E-state index in [2.05, 4.69) is 4.98 Å². The number of aromatic carboxylic acids is 1. The van der Waals surface area contributed by atoms with E-state index in [1.54, 1.807) is 24.5 Å². The largest absolute Gasteiger partial charge is 0.478 e. The Morgan fingerprint density at radius 2 is 2.05 bits per heavy atom. The molecule has 1 N–H and O–H groups in total. The molecule has 2 unspecified atom stereocenters. The molecule has 2 atom stereocenters. The summed E-state index contributed by atoms with van der Waals surface area (Å²) in [4.78, 5) is 15.7. The first kappa shape index (κ1) is 15.7. The van der Waals surface area contributed by atoms with E-state index in [1.165, 1.54) is 0 Å². The molecule has 0 aliphatic rings. The topological polar surface area (TPSA) is 72.2 Å². The Labute approximate surface area is 126 Å². The third kappa shape index (κ3) is 3.15. The van der Waals surface area contributed by atoms with Crippen LogP contribution in [0.4, 0.5) is 0 Å². The van der Waals surface area contributed by atoms with Gasteiger partial charge in [0.2, 0.25) is 0 Å². The normalized spacial score (nSPS) is 14.5. The van der Waals surface area contributed by atoms with E-state index in [1.807, 2.05) is 25.3 Å². The van der Waals surface area contributed by atoms with Crippen LogP contribution in [0.3, 0.4) is 0 Å². The van der Waals surface area contributed by atoms with Crippen LogP contribution in [0.2, 0.25) is 0 Å². The molecule has 114 valence electrons. The summed E-state index contributed by atoms with van der Waals surface area (Å²) >= 11 is 0. The Hall–Kier alpha value is -1.69. The first-order valence-electron chi connectivity index (χ1n) is 6.87. The lowest BCUT2D eigenvalue weighted by atomic mass is 10.2. The molecule has 0 amide bonds. The predicted octanol–water partition coefficient (Wildman–Crippen LogP) is 2.62. The molecule has 0 saturated heterocycles. The molecule has 2 aromatic rings. The Balaban J connectivity index is 2.61. The third-order valence-electron chi connectivity index (χ3n) is 3.55. The maximum Gasteiger partial charge on any atom is 0.335 e. The number of carboxylic acid groups (broad SMARTS) is 1. The van der Waals surface area contributed by atoms with Gasteiger partial charge in [0.15, 0.2) is 0 Å². The molecule has 0 bridgehead atoms. The summed E-state index contributed by atoms with van der Waals surface area (Å²) in [5.41, 5.74) is 1.80. The number of hydrogen-bond acceptors (Lipinski definition) is 3. The van der Waals surface area contributed by atoms with Crippen LogP contribution in [0.1, 0.15) is 42.9 Å². The second kappa shape index (κ2) is 5.97. The summed E-state index contributed by atoms with van der Waals surface area (Å²) in [6.07, 6.45) is 1.68. The van der Waals surface area contributed by atoms with E-state index >= 15 is 0 Å². The maximum atomic E-state index is 11.6. The molecule has 2 rings (SSSR count). The summed E-state index contributed by atoms with van der Waals surface area (Å²) in [5, 5.41) is 9.12. The molecule has 21 heavy (non-hydrogen) atoms. The highest BCUT2D eigenvalue weighted by molar-refractivity contribution is 7.84. The average Bonchev–Trinajstić information content (AvgIpc) is 2.76. The smallest absolute Gasteiger partial charge is 0.335 e. The van der Waals surface area contributed by atoms with Gasteiger partial charge in [0.05, 0.1) is 16.6 Å². The Kier molecular flexibility index (Phi) is 4.46. The number of nitrogens with zero attached hydrogens (tertiary/aromatic N) is 2. The van der Waals surface area contributed by atoms with Crippen LogP contribution in [0.5, 0.6) is 0 Å². The van der Waals surface area contributed by atoms with Crippen molar-refractivity contribution in [3.8, 4) is 0 Å². The standard InChI is InChI=1S/C15H20N2O3S/c1-9(2)14-16-12-6-5-11(15(18)19)7-13(12)17(14)8-10(3)21(4)20/h5-7,9-10H,8H2,1-4H3,(H,18,19). The quantitative estimate of drug-likeness (QED) is 0.921. The van der Waals surface area contributed by atoms with Crippen LogP contribution in [0.25, 0.3) is 11.0 Å². The molecule has 1 heterocycles. The molecule has 0 saturated carbocycles. The monoisotopic (exact) mass is 308 g/mol. The van der Waals surface area contributed by atoms with Gasteiger partial charge in [0.25, 0.3) is 0 Å². The summed E-state index contributed by atoms with van der Waals surface area (Å²) < 4.78 is 13.6. The highest BCUT2D eigenvalue weighted by atomic mass is 32.2. The van der Waals surface area contributed by atoms with Crippen LogP contribution in [0.15, 0.2) is 18.2 Å². The van der Waals surface area contributed by atoms with Gasteiger partial charge in [-0.2, -0.15) is 0 Å². The first-order chi connectivity index (χ1) is 9.81. The fourth-order valence-electron chi connectivity index (χ4n) is 2.27. The lowest BCUT2D eigenvalue weighted by Gasteiger charge is -2.15. The Morgan fingerprint density at radius 1 is 1.38 bits per heavy atom. The lowest BCUT2D eigenvalue weighted by molar-refractivity contribution is 0.0697. The number of aromatic nitrogens is 2. The van der Waals surface area contributed by atoms with Crippen molar-refractivity contribution in [2.45, 2.75) is 38.5 Å². The molecule has 5 nitrogen and oxygen atoms in total. The molecule has 0 aliphatic carbocycles. The minimum atomic E-state index is -0.956. The lowest BCUT2D eigenvalue weighted by Crippen LogP contribution is -2.19. The van der Waals surface area contributed by atoms with E-state index < -0.39 is 16.8 Å². The zero-order chi connectivity index (χ0) is 15.7. The minimum absolute atomic E-state index is 0.0200. The van der Waals surface area contributed by atoms with Gasteiger partial charge < -0.3 is 9.67 Å². The number of rotatable bonds is 5. The van der Waals surface area contributed by atoms with E-state index in [0.29, 0.717) is 6.54 Å².